The van der Waals surface area contributed by atoms with E-state index in [2.05, 4.69) is 20.6 Å². The molecule has 1 aromatic heterocycles. The summed E-state index contributed by atoms with van der Waals surface area (Å²) >= 11 is 0. The van der Waals surface area contributed by atoms with E-state index in [0.717, 1.165) is 5.69 Å². The predicted octanol–water partition coefficient (Wildman–Crippen LogP) is 0.644. The molecule has 0 aliphatic heterocycles. The lowest BCUT2D eigenvalue weighted by molar-refractivity contribution is -0.128. The summed E-state index contributed by atoms with van der Waals surface area (Å²) in [7, 11) is 0. The van der Waals surface area contributed by atoms with E-state index < -0.39 is 6.04 Å². The summed E-state index contributed by atoms with van der Waals surface area (Å²) in [6.07, 6.45) is 3.66. The van der Waals surface area contributed by atoms with Crippen molar-refractivity contribution in [2.45, 2.75) is 39.8 Å². The summed E-state index contributed by atoms with van der Waals surface area (Å²) in [5.41, 5.74) is 0.731. The molecule has 0 saturated carbocycles. The van der Waals surface area contributed by atoms with Crippen LogP contribution in [0.1, 0.15) is 32.9 Å². The van der Waals surface area contributed by atoms with E-state index in [0.29, 0.717) is 18.9 Å². The zero-order valence-electron chi connectivity index (χ0n) is 11.5. The highest BCUT2D eigenvalue weighted by molar-refractivity contribution is 5.86. The first-order valence-electron chi connectivity index (χ1n) is 6.28. The molecular weight excluding hydrogens is 244 g/mol. The highest BCUT2D eigenvalue weighted by Crippen LogP contribution is 2.05. The van der Waals surface area contributed by atoms with Crippen molar-refractivity contribution in [2.24, 2.45) is 5.92 Å². The molecule has 19 heavy (non-hydrogen) atoms. The number of amides is 2. The average molecular weight is 264 g/mol. The molecule has 1 aromatic rings. The number of hydrogen-bond acceptors (Lipinski definition) is 4. The molecule has 0 fully saturated rings. The minimum Gasteiger partial charge on any atom is -0.349 e. The molecule has 0 saturated heterocycles. The Morgan fingerprint density at radius 2 is 2.11 bits per heavy atom. The molecule has 0 radical (unpaired) electrons. The standard InChI is InChI=1S/C13H20N4O2/c1-9(2)6-12(17-10(3)18)13(19)15-7-11-4-5-14-8-16-11/h4-5,8-9,12H,6-7H2,1-3H3,(H,15,19)(H,17,18)/t12-/m0/s1. The van der Waals surface area contributed by atoms with E-state index in [1.807, 2.05) is 13.8 Å². The molecule has 0 unspecified atom stereocenters. The first-order valence-corrected chi connectivity index (χ1v) is 6.28. The van der Waals surface area contributed by atoms with Gasteiger partial charge in [0.25, 0.3) is 0 Å². The van der Waals surface area contributed by atoms with Crippen LogP contribution < -0.4 is 10.6 Å². The summed E-state index contributed by atoms with van der Waals surface area (Å²) in [5, 5.41) is 5.43. The molecule has 1 heterocycles. The Bertz CT molecular complexity index is 420. The van der Waals surface area contributed by atoms with Gasteiger partial charge in [0.15, 0.2) is 0 Å². The lowest BCUT2D eigenvalue weighted by atomic mass is 10.0. The molecule has 1 atom stereocenters. The number of carbonyl (C=O) groups is 2. The zero-order valence-corrected chi connectivity index (χ0v) is 11.5. The fourth-order valence-corrected chi connectivity index (χ4v) is 1.67. The molecule has 0 aromatic carbocycles. The molecule has 2 N–H and O–H groups in total. The second-order valence-electron chi connectivity index (χ2n) is 4.80. The van der Waals surface area contributed by atoms with Gasteiger partial charge in [-0.2, -0.15) is 0 Å². The monoisotopic (exact) mass is 264 g/mol. The quantitative estimate of drug-likeness (QED) is 0.790. The second-order valence-corrected chi connectivity index (χ2v) is 4.80. The van der Waals surface area contributed by atoms with Crippen LogP contribution in [0.4, 0.5) is 0 Å². The number of nitrogens with one attached hydrogen (secondary N) is 2. The van der Waals surface area contributed by atoms with Crippen molar-refractivity contribution in [1.29, 1.82) is 0 Å². The Morgan fingerprint density at radius 3 is 2.63 bits per heavy atom. The van der Waals surface area contributed by atoms with Crippen molar-refractivity contribution in [3.63, 3.8) is 0 Å². The first kappa shape index (κ1) is 15.1. The summed E-state index contributed by atoms with van der Waals surface area (Å²) in [6.45, 7) is 5.75. The number of hydrogen-bond donors (Lipinski definition) is 2. The fourth-order valence-electron chi connectivity index (χ4n) is 1.67. The van der Waals surface area contributed by atoms with Crippen molar-refractivity contribution in [2.75, 3.05) is 0 Å². The maximum Gasteiger partial charge on any atom is 0.242 e. The van der Waals surface area contributed by atoms with Crippen LogP contribution in [-0.4, -0.2) is 27.8 Å². The smallest absolute Gasteiger partial charge is 0.242 e. The number of carbonyl (C=O) groups excluding carboxylic acids is 2. The van der Waals surface area contributed by atoms with E-state index in [9.17, 15) is 9.59 Å². The van der Waals surface area contributed by atoms with Crippen LogP contribution in [0, 0.1) is 5.92 Å². The van der Waals surface area contributed by atoms with Crippen molar-refractivity contribution in [1.82, 2.24) is 20.6 Å². The highest BCUT2D eigenvalue weighted by atomic mass is 16.2. The van der Waals surface area contributed by atoms with Crippen molar-refractivity contribution >= 4 is 11.8 Å². The average Bonchev–Trinajstić information content (AvgIpc) is 2.35. The normalized spacial score (nSPS) is 12.0. The lowest BCUT2D eigenvalue weighted by Crippen LogP contribution is -2.46. The molecule has 104 valence electrons. The Kier molecular flexibility index (Phi) is 5.92. The van der Waals surface area contributed by atoms with Crippen LogP contribution in [-0.2, 0) is 16.1 Å². The third kappa shape index (κ3) is 5.94. The van der Waals surface area contributed by atoms with E-state index >= 15 is 0 Å². The maximum absolute atomic E-state index is 12.0. The van der Waals surface area contributed by atoms with Gasteiger partial charge in [-0.3, -0.25) is 9.59 Å². The molecule has 0 spiro atoms. The topological polar surface area (TPSA) is 84.0 Å². The lowest BCUT2D eigenvalue weighted by Gasteiger charge is -2.19. The van der Waals surface area contributed by atoms with Gasteiger partial charge >= 0.3 is 0 Å². The van der Waals surface area contributed by atoms with Crippen molar-refractivity contribution < 1.29 is 9.59 Å². The van der Waals surface area contributed by atoms with Crippen LogP contribution in [0.2, 0.25) is 0 Å². The molecule has 0 aliphatic carbocycles. The van der Waals surface area contributed by atoms with Crippen molar-refractivity contribution in [3.8, 4) is 0 Å². The molecule has 1 rings (SSSR count). The predicted molar refractivity (Wildman–Crippen MR) is 70.9 cm³/mol. The van der Waals surface area contributed by atoms with Gasteiger partial charge in [0, 0.05) is 13.1 Å². The Morgan fingerprint density at radius 1 is 1.37 bits per heavy atom. The van der Waals surface area contributed by atoms with Gasteiger partial charge in [0.2, 0.25) is 11.8 Å². The summed E-state index contributed by atoms with van der Waals surface area (Å²) < 4.78 is 0. The van der Waals surface area contributed by atoms with Crippen LogP contribution in [0.3, 0.4) is 0 Å². The number of rotatable bonds is 6. The zero-order chi connectivity index (χ0) is 14.3. The largest absolute Gasteiger partial charge is 0.349 e. The molecule has 6 nitrogen and oxygen atoms in total. The first-order chi connectivity index (χ1) is 8.99. The Labute approximate surface area is 113 Å². The maximum atomic E-state index is 12.0. The fraction of sp³-hybridized carbons (Fsp3) is 0.538. The Hall–Kier alpha value is -1.98. The Balaban J connectivity index is 2.54. The number of nitrogens with zero attached hydrogens (tertiary/aromatic N) is 2. The second kappa shape index (κ2) is 7.45. The molecule has 2 amide bonds. The van der Waals surface area contributed by atoms with Gasteiger partial charge in [-0.25, -0.2) is 9.97 Å². The highest BCUT2D eigenvalue weighted by Gasteiger charge is 2.20. The minimum atomic E-state index is -0.501. The van der Waals surface area contributed by atoms with Crippen LogP contribution in [0.25, 0.3) is 0 Å². The molecule has 6 heteroatoms. The minimum absolute atomic E-state index is 0.192. The van der Waals surface area contributed by atoms with Gasteiger partial charge in [0.05, 0.1) is 12.2 Å². The van der Waals surface area contributed by atoms with Crippen LogP contribution in [0.5, 0.6) is 0 Å². The van der Waals surface area contributed by atoms with Gasteiger partial charge in [0.1, 0.15) is 12.4 Å². The van der Waals surface area contributed by atoms with Gasteiger partial charge in [-0.05, 0) is 18.4 Å². The molecular formula is C13H20N4O2. The molecule has 0 aliphatic rings. The van der Waals surface area contributed by atoms with Gasteiger partial charge < -0.3 is 10.6 Å². The summed E-state index contributed by atoms with van der Waals surface area (Å²) in [6, 6.07) is 1.23. The van der Waals surface area contributed by atoms with Gasteiger partial charge in [-0.1, -0.05) is 13.8 Å². The van der Waals surface area contributed by atoms with Crippen LogP contribution >= 0.6 is 0 Å². The SMILES string of the molecule is CC(=O)N[C@@H](CC(C)C)C(=O)NCc1ccncn1. The molecule has 0 bridgehead atoms. The third-order valence-electron chi connectivity index (χ3n) is 2.49. The summed E-state index contributed by atoms with van der Waals surface area (Å²) in [4.78, 5) is 30.9. The van der Waals surface area contributed by atoms with Crippen molar-refractivity contribution in [3.05, 3.63) is 24.3 Å². The van der Waals surface area contributed by atoms with E-state index in [-0.39, 0.29) is 11.8 Å². The number of aromatic nitrogens is 2. The van der Waals surface area contributed by atoms with E-state index in [1.54, 1.807) is 12.3 Å². The van der Waals surface area contributed by atoms with Gasteiger partial charge in [-0.15, -0.1) is 0 Å². The van der Waals surface area contributed by atoms with E-state index in [1.165, 1.54) is 13.3 Å². The van der Waals surface area contributed by atoms with Crippen LogP contribution in [0.15, 0.2) is 18.6 Å². The summed E-state index contributed by atoms with van der Waals surface area (Å²) in [5.74, 6) is -0.0769. The third-order valence-corrected chi connectivity index (χ3v) is 2.49. The van der Waals surface area contributed by atoms with E-state index in [4.69, 9.17) is 0 Å².